The number of nitrogens with one attached hydrogen (secondary N) is 1. The molecule has 0 unspecified atom stereocenters. The molecule has 0 spiro atoms. The summed E-state index contributed by atoms with van der Waals surface area (Å²) in [6.45, 7) is 8.26. The first-order valence-electron chi connectivity index (χ1n) is 8.50. The Kier molecular flexibility index (Phi) is 6.63. The number of Topliss-reactive ketones (excluding diaryl/α,β-unsaturated/α-hetero) is 1. The van der Waals surface area contributed by atoms with Gasteiger partial charge < -0.3 is 19.3 Å². The van der Waals surface area contributed by atoms with Crippen LogP contribution in [0.4, 0.5) is 0 Å². The Morgan fingerprint density at radius 2 is 1.56 bits per heavy atom. The first-order chi connectivity index (χ1) is 12.0. The molecule has 3 aromatic rings. The van der Waals surface area contributed by atoms with Gasteiger partial charge in [-0.1, -0.05) is 18.2 Å². The molecule has 1 N–H and O–H groups in total. The molecule has 0 fully saturated rings. The Balaban J connectivity index is 0.000000511. The Morgan fingerprint density at radius 1 is 0.920 bits per heavy atom. The number of aromatic nitrogens is 1. The van der Waals surface area contributed by atoms with Crippen molar-refractivity contribution in [2.75, 3.05) is 13.2 Å². The molecule has 0 aliphatic heterocycles. The lowest BCUT2D eigenvalue weighted by Crippen LogP contribution is -1.98. The summed E-state index contributed by atoms with van der Waals surface area (Å²) in [4.78, 5) is 12.9. The number of para-hydroxylation sites is 1. The van der Waals surface area contributed by atoms with E-state index >= 15 is 0 Å². The molecule has 0 aliphatic rings. The summed E-state index contributed by atoms with van der Waals surface area (Å²) in [6.07, 6.45) is 0. The average molecular weight is 339 g/mol. The van der Waals surface area contributed by atoms with Gasteiger partial charge in [-0.15, -0.1) is 0 Å². The molecule has 1 aromatic heterocycles. The maximum absolute atomic E-state index is 9.44. The number of carbonyl (C=O) groups is 1. The highest BCUT2D eigenvalue weighted by Gasteiger charge is 2.09. The predicted octanol–water partition coefficient (Wildman–Crippen LogP) is 5.23. The number of fused-ring (bicyclic) bond motifs is 1. The number of benzene rings is 2. The van der Waals surface area contributed by atoms with E-state index in [0.29, 0.717) is 13.2 Å². The van der Waals surface area contributed by atoms with Crippen molar-refractivity contribution in [3.05, 3.63) is 48.5 Å². The molecule has 3 rings (SSSR count). The Hall–Kier alpha value is -2.75. The second-order valence-corrected chi connectivity index (χ2v) is 5.71. The highest BCUT2D eigenvalue weighted by molar-refractivity contribution is 5.86. The van der Waals surface area contributed by atoms with Gasteiger partial charge >= 0.3 is 0 Å². The Morgan fingerprint density at radius 3 is 2.20 bits per heavy atom. The summed E-state index contributed by atoms with van der Waals surface area (Å²) in [7, 11) is 0. The van der Waals surface area contributed by atoms with Crippen LogP contribution in [0.3, 0.4) is 0 Å². The van der Waals surface area contributed by atoms with Crippen molar-refractivity contribution in [1.29, 1.82) is 0 Å². The van der Waals surface area contributed by atoms with Crippen LogP contribution >= 0.6 is 0 Å². The van der Waals surface area contributed by atoms with Crippen molar-refractivity contribution in [1.82, 2.24) is 4.98 Å². The quantitative estimate of drug-likeness (QED) is 0.692. The van der Waals surface area contributed by atoms with E-state index in [9.17, 15) is 4.79 Å². The van der Waals surface area contributed by atoms with E-state index in [1.54, 1.807) is 0 Å². The first-order valence-corrected chi connectivity index (χ1v) is 8.50. The highest BCUT2D eigenvalue weighted by Crippen LogP contribution is 2.33. The van der Waals surface area contributed by atoms with Gasteiger partial charge in [0.1, 0.15) is 5.78 Å². The van der Waals surface area contributed by atoms with Crippen LogP contribution in [0.15, 0.2) is 48.5 Å². The number of aromatic amines is 1. The summed E-state index contributed by atoms with van der Waals surface area (Å²) in [5, 5.41) is 1.21. The van der Waals surface area contributed by atoms with Crippen molar-refractivity contribution < 1.29 is 14.3 Å². The van der Waals surface area contributed by atoms with Crippen LogP contribution in [0.25, 0.3) is 22.2 Å². The van der Waals surface area contributed by atoms with Gasteiger partial charge in [0.25, 0.3) is 0 Å². The molecule has 0 radical (unpaired) electrons. The fraction of sp³-hybridized carbons (Fsp3) is 0.286. The fourth-order valence-corrected chi connectivity index (χ4v) is 2.45. The smallest absolute Gasteiger partial charge is 0.161 e. The molecular formula is C21H25NO3. The normalized spacial score (nSPS) is 10.1. The van der Waals surface area contributed by atoms with Crippen molar-refractivity contribution in [2.24, 2.45) is 0 Å². The van der Waals surface area contributed by atoms with Crippen molar-refractivity contribution in [2.45, 2.75) is 27.7 Å². The van der Waals surface area contributed by atoms with Gasteiger partial charge in [-0.2, -0.15) is 0 Å². The maximum Gasteiger partial charge on any atom is 0.161 e. The minimum atomic E-state index is 0.167. The average Bonchev–Trinajstić information content (AvgIpc) is 3.00. The van der Waals surface area contributed by atoms with Crippen LogP contribution in [0, 0.1) is 0 Å². The van der Waals surface area contributed by atoms with Crippen molar-refractivity contribution >= 4 is 16.7 Å². The predicted molar refractivity (Wildman–Crippen MR) is 102 cm³/mol. The molecule has 0 bridgehead atoms. The SMILES string of the molecule is CC(C)=O.CCOc1ccc(-c2cc3ccccc3[nH]2)cc1OCC. The van der Waals surface area contributed by atoms with Crippen LogP contribution in [0.2, 0.25) is 0 Å². The number of ketones is 1. The summed E-state index contributed by atoms with van der Waals surface area (Å²) in [6, 6.07) is 16.5. The number of carbonyl (C=O) groups excluding carboxylic acids is 1. The second-order valence-electron chi connectivity index (χ2n) is 5.71. The lowest BCUT2D eigenvalue weighted by Gasteiger charge is -2.11. The van der Waals surface area contributed by atoms with E-state index in [2.05, 4.69) is 29.2 Å². The fourth-order valence-electron chi connectivity index (χ4n) is 2.45. The van der Waals surface area contributed by atoms with E-state index in [1.165, 1.54) is 19.2 Å². The molecule has 0 saturated carbocycles. The van der Waals surface area contributed by atoms with Gasteiger partial charge in [0.2, 0.25) is 0 Å². The largest absolute Gasteiger partial charge is 0.490 e. The third kappa shape index (κ3) is 5.11. The highest BCUT2D eigenvalue weighted by atomic mass is 16.5. The molecule has 4 heteroatoms. The molecule has 0 aliphatic carbocycles. The number of rotatable bonds is 5. The van der Waals surface area contributed by atoms with Crippen molar-refractivity contribution in [3.8, 4) is 22.8 Å². The second kappa shape index (κ2) is 8.92. The third-order valence-electron chi connectivity index (χ3n) is 3.38. The molecule has 1 heterocycles. The van der Waals surface area contributed by atoms with E-state index in [0.717, 1.165) is 28.3 Å². The van der Waals surface area contributed by atoms with Crippen LogP contribution in [-0.4, -0.2) is 24.0 Å². The molecular weight excluding hydrogens is 314 g/mol. The minimum absolute atomic E-state index is 0.167. The van der Waals surface area contributed by atoms with Gasteiger partial charge in [0.05, 0.1) is 13.2 Å². The topological polar surface area (TPSA) is 51.3 Å². The monoisotopic (exact) mass is 339 g/mol. The molecule has 0 saturated heterocycles. The molecule has 4 nitrogen and oxygen atoms in total. The molecule has 0 amide bonds. The number of ether oxygens (including phenoxy) is 2. The lowest BCUT2D eigenvalue weighted by molar-refractivity contribution is -0.114. The maximum atomic E-state index is 9.44. The molecule has 0 atom stereocenters. The standard InChI is InChI=1S/C18H19NO2.C3H6O/c1-3-20-17-10-9-14(12-18(17)21-4-2)16-11-13-7-5-6-8-15(13)19-16;1-3(2)4/h5-12,19H,3-4H2,1-2H3;1-2H3. The first kappa shape index (κ1) is 18.6. The van der Waals surface area contributed by atoms with Crippen molar-refractivity contribution in [3.63, 3.8) is 0 Å². The van der Waals surface area contributed by atoms with E-state index in [4.69, 9.17) is 9.47 Å². The summed E-state index contributed by atoms with van der Waals surface area (Å²) in [5.74, 6) is 1.75. The van der Waals surface area contributed by atoms with Gasteiger partial charge in [-0.25, -0.2) is 0 Å². The summed E-state index contributed by atoms with van der Waals surface area (Å²) < 4.78 is 11.3. The molecule has 2 aromatic carbocycles. The van der Waals surface area contributed by atoms with Gasteiger partial charge in [-0.05, 0) is 58.0 Å². The summed E-state index contributed by atoms with van der Waals surface area (Å²) >= 11 is 0. The van der Waals surface area contributed by atoms with Crippen LogP contribution in [0.1, 0.15) is 27.7 Å². The van der Waals surface area contributed by atoms with Gasteiger partial charge in [0, 0.05) is 22.2 Å². The van der Waals surface area contributed by atoms with Gasteiger partial charge in [-0.3, -0.25) is 0 Å². The Labute approximate surface area is 148 Å². The zero-order valence-corrected chi connectivity index (χ0v) is 15.3. The molecule has 132 valence electrons. The zero-order valence-electron chi connectivity index (χ0n) is 15.3. The number of hydrogen-bond donors (Lipinski definition) is 1. The van der Waals surface area contributed by atoms with Crippen LogP contribution < -0.4 is 9.47 Å². The van der Waals surface area contributed by atoms with Crippen LogP contribution in [0.5, 0.6) is 11.5 Å². The van der Waals surface area contributed by atoms with E-state index < -0.39 is 0 Å². The zero-order chi connectivity index (χ0) is 18.2. The number of H-pyrrole nitrogens is 1. The summed E-state index contributed by atoms with van der Waals surface area (Å²) in [5.41, 5.74) is 3.32. The van der Waals surface area contributed by atoms with E-state index in [1.807, 2.05) is 38.1 Å². The number of hydrogen-bond acceptors (Lipinski definition) is 3. The van der Waals surface area contributed by atoms with E-state index in [-0.39, 0.29) is 5.78 Å². The minimum Gasteiger partial charge on any atom is -0.490 e. The lowest BCUT2D eigenvalue weighted by atomic mass is 10.1. The Bertz CT molecular complexity index is 799. The van der Waals surface area contributed by atoms with Crippen LogP contribution in [-0.2, 0) is 4.79 Å². The molecule has 25 heavy (non-hydrogen) atoms. The third-order valence-corrected chi connectivity index (χ3v) is 3.38. The van der Waals surface area contributed by atoms with Gasteiger partial charge in [0.15, 0.2) is 11.5 Å².